The third kappa shape index (κ3) is 13.0. The normalized spacial score (nSPS) is 43.0. The number of fused-ring (bicyclic) bond motifs is 7. The van der Waals surface area contributed by atoms with E-state index in [1.807, 2.05) is 13.0 Å². The van der Waals surface area contributed by atoms with Gasteiger partial charge in [0.05, 0.1) is 31.8 Å². The Hall–Kier alpha value is -5.15. The van der Waals surface area contributed by atoms with E-state index < -0.39 is 181 Å². The Kier molecular flexibility index (Phi) is 20.0. The second kappa shape index (κ2) is 25.6. The molecule has 3 heterocycles. The molecule has 0 aromatic carbocycles. The highest BCUT2D eigenvalue weighted by Gasteiger charge is 2.71. The third-order valence-corrected chi connectivity index (χ3v) is 21.1. The summed E-state index contributed by atoms with van der Waals surface area (Å²) in [6.45, 7) is 20.7. The van der Waals surface area contributed by atoms with Crippen LogP contribution in [0.4, 0.5) is 0 Å². The second-order valence-electron chi connectivity index (χ2n) is 27.2. The number of carbonyl (C=O) groups is 9. The maximum absolute atomic E-state index is 15.4. The molecule has 7 fully saturated rings. The zero-order valence-corrected chi connectivity index (χ0v) is 52.7. The molecule has 0 unspecified atom stereocenters. The summed E-state index contributed by atoms with van der Waals surface area (Å²) >= 11 is 0. The Morgan fingerprint density at radius 3 is 1.71 bits per heavy atom. The summed E-state index contributed by atoms with van der Waals surface area (Å²) in [6, 6.07) is 0. The van der Waals surface area contributed by atoms with Gasteiger partial charge < -0.3 is 76.5 Å². The van der Waals surface area contributed by atoms with Gasteiger partial charge in [-0.2, -0.15) is 0 Å². The van der Waals surface area contributed by atoms with E-state index in [-0.39, 0.29) is 34.4 Å². The number of ketones is 1. The average Bonchev–Trinajstić information content (AvgIpc) is 0.706. The number of ether oxygens (including phenoxy) is 14. The highest BCUT2D eigenvalue weighted by molar-refractivity contribution is 5.96. The highest BCUT2D eigenvalue weighted by Crippen LogP contribution is 2.75. The predicted octanol–water partition coefficient (Wildman–Crippen LogP) is 4.61. The molecule has 8 aliphatic rings. The van der Waals surface area contributed by atoms with Crippen molar-refractivity contribution in [3.05, 3.63) is 11.6 Å². The van der Waals surface area contributed by atoms with Crippen LogP contribution >= 0.6 is 0 Å². The fourth-order valence-corrected chi connectivity index (χ4v) is 16.9. The van der Waals surface area contributed by atoms with E-state index >= 15 is 4.79 Å². The van der Waals surface area contributed by atoms with Crippen LogP contribution in [0, 0.1) is 50.2 Å². The number of carbonyl (C=O) groups excluding carboxylic acids is 9. The summed E-state index contributed by atoms with van der Waals surface area (Å²) in [7, 11) is 1.43. The lowest BCUT2D eigenvalue weighted by atomic mass is 9.33. The SMILES string of the molecule is COC(=O)[C@@]1(C)CC[C@]2(C)CC[C@]3(C)C(=CC(=O)[C@@H]4[C@@]5(C)CC[C@H](O[C@@H]6O[C@H](CO)[C@@H](O)[C@H](O[C@@H]7OC[C@@H](OC(C)=O)[C@H](OC(C)=O)[C@H]7OC(C)=O)[C@H]6O[C@@H]6O[C@H](COC(C)=O)[C@H](OC(C)=O)[C@H](OC(C)=O)[C@H]6OC(C)=O)C(C)(C)[C@@H]5CC[C@]43C)[C@@H]2C1. The van der Waals surface area contributed by atoms with Crippen molar-refractivity contribution in [2.45, 2.75) is 247 Å². The van der Waals surface area contributed by atoms with E-state index in [2.05, 4.69) is 41.5 Å². The smallest absolute Gasteiger partial charge is 0.311 e. The lowest BCUT2D eigenvalue weighted by Gasteiger charge is -2.70. The van der Waals surface area contributed by atoms with Crippen LogP contribution in [0.3, 0.4) is 0 Å². The molecule has 0 bridgehead atoms. The first-order chi connectivity index (χ1) is 40.6. The molecule has 25 heteroatoms. The third-order valence-electron chi connectivity index (χ3n) is 21.1. The van der Waals surface area contributed by atoms with Crippen LogP contribution < -0.4 is 0 Å². The predicted molar refractivity (Wildman–Crippen MR) is 296 cm³/mol. The molecule has 0 radical (unpaired) electrons. The van der Waals surface area contributed by atoms with Gasteiger partial charge in [0.15, 0.2) is 61.3 Å². The minimum absolute atomic E-state index is 0.00206. The van der Waals surface area contributed by atoms with Crippen molar-refractivity contribution in [3.63, 3.8) is 0 Å². The number of hydrogen-bond donors (Lipinski definition) is 2. The number of methoxy groups -OCH3 is 1. The molecule has 0 aromatic rings. The number of aliphatic hydroxyl groups excluding tert-OH is 2. The first-order valence-electron chi connectivity index (χ1n) is 30.3. The van der Waals surface area contributed by atoms with E-state index in [0.29, 0.717) is 38.5 Å². The van der Waals surface area contributed by atoms with Crippen molar-refractivity contribution < 1.29 is 120 Å². The van der Waals surface area contributed by atoms with Crippen molar-refractivity contribution in [2.75, 3.05) is 26.9 Å². The van der Waals surface area contributed by atoms with Gasteiger partial charge in [-0.15, -0.1) is 0 Å². The summed E-state index contributed by atoms with van der Waals surface area (Å²) in [5.74, 6) is -6.94. The van der Waals surface area contributed by atoms with E-state index in [0.717, 1.165) is 73.3 Å². The van der Waals surface area contributed by atoms with Gasteiger partial charge in [-0.05, 0) is 110 Å². The highest BCUT2D eigenvalue weighted by atomic mass is 16.8. The molecule has 3 aliphatic heterocycles. The van der Waals surface area contributed by atoms with Crippen molar-refractivity contribution in [1.82, 2.24) is 0 Å². The zero-order chi connectivity index (χ0) is 64.3. The van der Waals surface area contributed by atoms with Gasteiger partial charge in [0.25, 0.3) is 0 Å². The molecular formula is C62H90O25. The number of esters is 8. The summed E-state index contributed by atoms with van der Waals surface area (Å²) in [5, 5.41) is 23.4. The largest absolute Gasteiger partial charge is 0.469 e. The van der Waals surface area contributed by atoms with Crippen LogP contribution in [0.2, 0.25) is 0 Å². The van der Waals surface area contributed by atoms with Gasteiger partial charge in [0, 0.05) is 54.4 Å². The van der Waals surface area contributed by atoms with Crippen molar-refractivity contribution in [3.8, 4) is 0 Å². The first-order valence-corrected chi connectivity index (χ1v) is 30.3. The number of allylic oxidation sites excluding steroid dienone is 2. The molecule has 23 atom stereocenters. The summed E-state index contributed by atoms with van der Waals surface area (Å²) in [6.07, 6.45) is -16.5. The van der Waals surface area contributed by atoms with E-state index in [1.165, 1.54) is 7.11 Å². The fourth-order valence-electron chi connectivity index (χ4n) is 16.9. The molecule has 0 amide bonds. The fraction of sp³-hybridized carbons (Fsp3) is 0.823. The molecule has 5 aliphatic carbocycles. The lowest BCUT2D eigenvalue weighted by molar-refractivity contribution is -0.396. The van der Waals surface area contributed by atoms with Gasteiger partial charge in [-0.3, -0.25) is 43.2 Å². The standard InChI is InChI=1S/C62H90O25/c1-29(64)75-27-41-45(78-31(3)66)48(80-33(5)68)51(82-35(7)70)55(84-41)87-50-47(86-53-49(81-34(6)69)46(79-32(4)67)40(28-76-53)77-30(2)65)44(72)39(26-63)83-54(50)85-43-17-18-60(12)42(57(43,8)9)16-19-62(14)52(60)38(71)24-36-37-25-59(11,56(73)74-15)21-20-58(37,10)22-23-61(36,62)13/h24,37,39-55,63,72H,16-23,25-28H2,1-15H3/t37-,39+,40+,41+,42-,43-,44+,45-,46-,47-,48-,49+,50+,51+,52+,53-,54-,55-,58+,59-,60-,61+,62+/m0/s1. The van der Waals surface area contributed by atoms with Gasteiger partial charge in [0.1, 0.15) is 37.1 Å². The van der Waals surface area contributed by atoms with Gasteiger partial charge in [-0.25, -0.2) is 0 Å². The lowest BCUT2D eigenvalue weighted by Crippen LogP contribution is -2.69. The number of hydrogen-bond acceptors (Lipinski definition) is 25. The topological polar surface area (TPSA) is 323 Å². The molecule has 488 valence electrons. The molecule has 3 saturated heterocycles. The Labute approximate surface area is 507 Å². The van der Waals surface area contributed by atoms with Crippen molar-refractivity contribution >= 4 is 53.5 Å². The van der Waals surface area contributed by atoms with Gasteiger partial charge >= 0.3 is 47.8 Å². The maximum atomic E-state index is 15.4. The summed E-state index contributed by atoms with van der Waals surface area (Å²) < 4.78 is 84.2. The van der Waals surface area contributed by atoms with Crippen LogP contribution in [0.15, 0.2) is 11.6 Å². The molecule has 87 heavy (non-hydrogen) atoms. The molecular weight excluding hydrogens is 1140 g/mol. The summed E-state index contributed by atoms with van der Waals surface area (Å²) in [4.78, 5) is 118. The molecule has 4 saturated carbocycles. The number of aliphatic hydroxyl groups is 2. The minimum atomic E-state index is -1.94. The van der Waals surface area contributed by atoms with Crippen molar-refractivity contribution in [1.29, 1.82) is 0 Å². The van der Waals surface area contributed by atoms with Crippen LogP contribution in [-0.2, 0) is 109 Å². The van der Waals surface area contributed by atoms with E-state index in [4.69, 9.17) is 66.3 Å². The van der Waals surface area contributed by atoms with Crippen LogP contribution in [0.25, 0.3) is 0 Å². The molecule has 2 N–H and O–H groups in total. The van der Waals surface area contributed by atoms with E-state index in [1.54, 1.807) is 0 Å². The molecule has 25 nitrogen and oxygen atoms in total. The average molecular weight is 1240 g/mol. The molecule has 0 aromatic heterocycles. The molecule has 8 rings (SSSR count). The van der Waals surface area contributed by atoms with Gasteiger partial charge in [0.2, 0.25) is 0 Å². The Morgan fingerprint density at radius 1 is 0.586 bits per heavy atom. The molecule has 0 spiro atoms. The van der Waals surface area contributed by atoms with Gasteiger partial charge in [-0.1, -0.05) is 47.1 Å². The quantitative estimate of drug-likeness (QED) is 0.121. The first kappa shape index (κ1) is 67.8. The van der Waals surface area contributed by atoms with Crippen LogP contribution in [0.1, 0.15) is 155 Å². The monoisotopic (exact) mass is 1230 g/mol. The summed E-state index contributed by atoms with van der Waals surface area (Å²) in [5.41, 5.74) is -1.91. The second-order valence-corrected chi connectivity index (χ2v) is 27.2. The van der Waals surface area contributed by atoms with Crippen LogP contribution in [0.5, 0.6) is 0 Å². The van der Waals surface area contributed by atoms with E-state index in [9.17, 15) is 48.6 Å². The number of rotatable bonds is 16. The van der Waals surface area contributed by atoms with Crippen molar-refractivity contribution in [2.24, 2.45) is 50.2 Å². The Morgan fingerprint density at radius 2 is 1.13 bits per heavy atom. The minimum Gasteiger partial charge on any atom is -0.469 e. The Balaban J connectivity index is 1.19. The zero-order valence-electron chi connectivity index (χ0n) is 52.7. The van der Waals surface area contributed by atoms with Crippen LogP contribution in [-0.4, -0.2) is 183 Å². The maximum Gasteiger partial charge on any atom is 0.311 e. The Bertz CT molecular complexity index is 2690.